The van der Waals surface area contributed by atoms with Crippen LogP contribution in [-0.4, -0.2) is 13.7 Å². The predicted molar refractivity (Wildman–Crippen MR) is 75.6 cm³/mol. The smallest absolute Gasteiger partial charge is 0.127 e. The third-order valence-electron chi connectivity index (χ3n) is 3.51. The van der Waals surface area contributed by atoms with Crippen LogP contribution in [0.1, 0.15) is 27.6 Å². The Labute approximate surface area is 112 Å². The summed E-state index contributed by atoms with van der Waals surface area (Å²) < 4.78 is 5.81. The zero-order valence-electron chi connectivity index (χ0n) is 10.7. The van der Waals surface area contributed by atoms with Gasteiger partial charge < -0.3 is 10.1 Å². The second-order valence-electron chi connectivity index (χ2n) is 4.62. The summed E-state index contributed by atoms with van der Waals surface area (Å²) in [6, 6.07) is 8.88. The van der Waals surface area contributed by atoms with Crippen molar-refractivity contribution in [3.05, 3.63) is 51.2 Å². The first-order valence-electron chi connectivity index (χ1n) is 6.27. The maximum Gasteiger partial charge on any atom is 0.127 e. The highest BCUT2D eigenvalue weighted by Crippen LogP contribution is 2.38. The van der Waals surface area contributed by atoms with Gasteiger partial charge >= 0.3 is 0 Å². The van der Waals surface area contributed by atoms with Crippen LogP contribution in [0.15, 0.2) is 29.6 Å². The minimum absolute atomic E-state index is 0.234. The quantitative estimate of drug-likeness (QED) is 0.913. The first-order chi connectivity index (χ1) is 8.81. The molecule has 2 nitrogen and oxygen atoms in total. The van der Waals surface area contributed by atoms with Crippen LogP contribution in [0.25, 0.3) is 0 Å². The maximum absolute atomic E-state index is 5.81. The van der Waals surface area contributed by atoms with Crippen LogP contribution >= 0.6 is 11.3 Å². The van der Waals surface area contributed by atoms with Gasteiger partial charge in [-0.25, -0.2) is 0 Å². The Morgan fingerprint density at radius 2 is 2.22 bits per heavy atom. The van der Waals surface area contributed by atoms with Crippen LogP contribution in [0.4, 0.5) is 0 Å². The summed E-state index contributed by atoms with van der Waals surface area (Å²) in [5.74, 6) is 1.09. The normalized spacial score (nSPS) is 15.2. The summed E-state index contributed by atoms with van der Waals surface area (Å²) in [5.41, 5.74) is 3.94. The van der Waals surface area contributed by atoms with Crippen molar-refractivity contribution < 1.29 is 4.74 Å². The number of hydrogen-bond acceptors (Lipinski definition) is 3. The van der Waals surface area contributed by atoms with Gasteiger partial charge in [0.25, 0.3) is 0 Å². The molecule has 0 aliphatic carbocycles. The summed E-state index contributed by atoms with van der Waals surface area (Å²) in [6.45, 7) is 2.98. The number of fused-ring (bicyclic) bond motifs is 1. The number of aryl methyl sites for hydroxylation is 1. The lowest BCUT2D eigenvalue weighted by atomic mass is 9.99. The summed E-state index contributed by atoms with van der Waals surface area (Å²) in [6.07, 6.45) is 1.03. The van der Waals surface area contributed by atoms with E-state index in [2.05, 4.69) is 41.9 Å². The molecule has 18 heavy (non-hydrogen) atoms. The Hall–Kier alpha value is -1.32. The summed E-state index contributed by atoms with van der Waals surface area (Å²) >= 11 is 1.80. The molecule has 0 saturated carbocycles. The van der Waals surface area contributed by atoms with Gasteiger partial charge in [-0.15, -0.1) is 11.3 Å². The molecule has 1 aliphatic rings. The average molecular weight is 259 g/mol. The van der Waals surface area contributed by atoms with Crippen molar-refractivity contribution in [2.45, 2.75) is 19.4 Å². The van der Waals surface area contributed by atoms with Crippen molar-refractivity contribution in [1.29, 1.82) is 0 Å². The first kappa shape index (κ1) is 11.8. The number of ether oxygens (including phenoxy) is 1. The molecule has 0 saturated heterocycles. The highest BCUT2D eigenvalue weighted by Gasteiger charge is 2.23. The second-order valence-corrected chi connectivity index (χ2v) is 5.57. The number of para-hydroxylation sites is 1. The number of benzene rings is 1. The van der Waals surface area contributed by atoms with E-state index in [1.54, 1.807) is 11.3 Å². The molecule has 3 heteroatoms. The molecule has 1 unspecified atom stereocenters. The van der Waals surface area contributed by atoms with Crippen molar-refractivity contribution in [1.82, 2.24) is 5.32 Å². The van der Waals surface area contributed by atoms with E-state index in [1.807, 2.05) is 7.05 Å². The zero-order valence-corrected chi connectivity index (χ0v) is 11.5. The average Bonchev–Trinajstić information content (AvgIpc) is 3.00. The van der Waals surface area contributed by atoms with E-state index in [0.717, 1.165) is 18.8 Å². The van der Waals surface area contributed by atoms with Crippen LogP contribution in [0.2, 0.25) is 0 Å². The maximum atomic E-state index is 5.81. The van der Waals surface area contributed by atoms with E-state index < -0.39 is 0 Å². The van der Waals surface area contributed by atoms with Crippen molar-refractivity contribution in [3.8, 4) is 5.75 Å². The minimum Gasteiger partial charge on any atom is -0.493 e. The molecule has 1 aliphatic heterocycles. The SMILES string of the molecule is CNC(c1cccc2c1OCC2)c1sccc1C. The van der Waals surface area contributed by atoms with Gasteiger partial charge in [0.1, 0.15) is 5.75 Å². The van der Waals surface area contributed by atoms with Crippen LogP contribution < -0.4 is 10.1 Å². The number of thiophene rings is 1. The molecular weight excluding hydrogens is 242 g/mol. The Balaban J connectivity index is 2.08. The van der Waals surface area contributed by atoms with Crippen LogP contribution in [0.5, 0.6) is 5.75 Å². The van der Waals surface area contributed by atoms with Gasteiger partial charge in [0.05, 0.1) is 12.6 Å². The fourth-order valence-electron chi connectivity index (χ4n) is 2.58. The molecule has 0 spiro atoms. The topological polar surface area (TPSA) is 21.3 Å². The molecule has 0 bridgehead atoms. The fraction of sp³-hybridized carbons (Fsp3) is 0.333. The summed E-state index contributed by atoms with van der Waals surface area (Å²) in [4.78, 5) is 1.38. The van der Waals surface area contributed by atoms with Gasteiger partial charge in [0, 0.05) is 16.9 Å². The zero-order chi connectivity index (χ0) is 12.5. The first-order valence-corrected chi connectivity index (χ1v) is 7.15. The fourth-order valence-corrected chi connectivity index (χ4v) is 3.63. The molecule has 1 atom stereocenters. The molecule has 94 valence electrons. The van der Waals surface area contributed by atoms with E-state index in [9.17, 15) is 0 Å². The van der Waals surface area contributed by atoms with Gasteiger partial charge in [0.2, 0.25) is 0 Å². The van der Waals surface area contributed by atoms with Crippen molar-refractivity contribution in [2.75, 3.05) is 13.7 Å². The molecule has 2 aromatic rings. The summed E-state index contributed by atoms with van der Waals surface area (Å²) in [5, 5.41) is 5.57. The van der Waals surface area contributed by atoms with E-state index in [1.165, 1.54) is 21.6 Å². The Kier molecular flexibility index (Phi) is 3.10. The largest absolute Gasteiger partial charge is 0.493 e. The third-order valence-corrected chi connectivity index (χ3v) is 4.59. The lowest BCUT2D eigenvalue weighted by molar-refractivity contribution is 0.351. The standard InChI is InChI=1S/C15H17NOS/c1-10-7-9-18-15(10)13(16-2)12-5-3-4-11-6-8-17-14(11)12/h3-5,7,9,13,16H,6,8H2,1-2H3. The molecule has 0 fully saturated rings. The Bertz CT molecular complexity index is 561. The monoisotopic (exact) mass is 259 g/mol. The van der Waals surface area contributed by atoms with Gasteiger partial charge in [-0.1, -0.05) is 18.2 Å². The van der Waals surface area contributed by atoms with E-state index >= 15 is 0 Å². The number of rotatable bonds is 3. The number of hydrogen-bond donors (Lipinski definition) is 1. The molecule has 2 heterocycles. The van der Waals surface area contributed by atoms with Crippen LogP contribution in [0.3, 0.4) is 0 Å². The van der Waals surface area contributed by atoms with Crippen LogP contribution in [0, 0.1) is 6.92 Å². The van der Waals surface area contributed by atoms with Gasteiger partial charge in [-0.3, -0.25) is 0 Å². The molecule has 0 radical (unpaired) electrons. The van der Waals surface area contributed by atoms with Crippen molar-refractivity contribution in [2.24, 2.45) is 0 Å². The molecule has 1 aromatic heterocycles. The highest BCUT2D eigenvalue weighted by molar-refractivity contribution is 7.10. The lowest BCUT2D eigenvalue weighted by Crippen LogP contribution is -2.18. The van der Waals surface area contributed by atoms with Gasteiger partial charge in [-0.05, 0) is 36.5 Å². The molecule has 0 amide bonds. The van der Waals surface area contributed by atoms with E-state index in [4.69, 9.17) is 4.74 Å². The van der Waals surface area contributed by atoms with Crippen molar-refractivity contribution >= 4 is 11.3 Å². The minimum atomic E-state index is 0.234. The number of nitrogens with one attached hydrogen (secondary N) is 1. The highest BCUT2D eigenvalue weighted by atomic mass is 32.1. The lowest BCUT2D eigenvalue weighted by Gasteiger charge is -2.19. The third kappa shape index (κ3) is 1.84. The Morgan fingerprint density at radius 1 is 1.33 bits per heavy atom. The second kappa shape index (κ2) is 4.75. The molecule has 1 aromatic carbocycles. The van der Waals surface area contributed by atoms with E-state index in [0.29, 0.717) is 0 Å². The van der Waals surface area contributed by atoms with Crippen LogP contribution in [-0.2, 0) is 6.42 Å². The predicted octanol–water partition coefficient (Wildman–Crippen LogP) is 3.30. The molecule has 3 rings (SSSR count). The van der Waals surface area contributed by atoms with Gasteiger partial charge in [-0.2, -0.15) is 0 Å². The van der Waals surface area contributed by atoms with E-state index in [-0.39, 0.29) is 6.04 Å². The molecular formula is C15H17NOS. The van der Waals surface area contributed by atoms with Crippen molar-refractivity contribution in [3.63, 3.8) is 0 Å². The summed E-state index contributed by atoms with van der Waals surface area (Å²) in [7, 11) is 2.01. The Morgan fingerprint density at radius 3 is 2.94 bits per heavy atom. The molecule has 1 N–H and O–H groups in total. The van der Waals surface area contributed by atoms with Gasteiger partial charge in [0.15, 0.2) is 0 Å².